The lowest BCUT2D eigenvalue weighted by molar-refractivity contribution is 0.570. The van der Waals surface area contributed by atoms with E-state index in [-0.39, 0.29) is 5.43 Å². The molecule has 0 aliphatic carbocycles. The van der Waals surface area contributed by atoms with Crippen LogP contribution in [0.1, 0.15) is 63.5 Å². The second-order valence-electron chi connectivity index (χ2n) is 7.55. The third-order valence-corrected chi connectivity index (χ3v) is 5.34. The molecule has 1 aromatic heterocycles. The van der Waals surface area contributed by atoms with E-state index in [1.165, 1.54) is 32.1 Å². The predicted octanol–water partition coefficient (Wildman–Crippen LogP) is 6.86. The van der Waals surface area contributed by atoms with Crippen LogP contribution in [0.4, 0.5) is 0 Å². The van der Waals surface area contributed by atoms with Gasteiger partial charge in [0.05, 0.1) is 11.0 Å². The molecule has 2 heteroatoms. The van der Waals surface area contributed by atoms with Crippen LogP contribution in [0.2, 0.25) is 0 Å². The number of allylic oxidation sites excluding steroid dienone is 1. The van der Waals surface area contributed by atoms with Crippen molar-refractivity contribution in [3.8, 4) is 0 Å². The normalized spacial score (nSPS) is 11.8. The highest BCUT2D eigenvalue weighted by atomic mass is 16.1. The Bertz CT molecular complexity index is 1010. The summed E-state index contributed by atoms with van der Waals surface area (Å²) >= 11 is 0. The summed E-state index contributed by atoms with van der Waals surface area (Å²) in [7, 11) is 0. The minimum Gasteiger partial charge on any atom is -0.340 e. The molecule has 0 bridgehead atoms. The van der Waals surface area contributed by atoms with Gasteiger partial charge in [-0.1, -0.05) is 68.9 Å². The Morgan fingerprint density at radius 2 is 1.56 bits per heavy atom. The van der Waals surface area contributed by atoms with Crippen LogP contribution in [0.15, 0.2) is 47.3 Å². The Labute approximate surface area is 162 Å². The van der Waals surface area contributed by atoms with E-state index in [0.29, 0.717) is 0 Å². The molecule has 0 amide bonds. The van der Waals surface area contributed by atoms with Crippen molar-refractivity contribution >= 4 is 27.9 Å². The Morgan fingerprint density at radius 3 is 2.30 bits per heavy atom. The van der Waals surface area contributed by atoms with Gasteiger partial charge in [-0.05, 0) is 50.1 Å². The monoisotopic (exact) mass is 361 g/mol. The molecule has 0 atom stereocenters. The van der Waals surface area contributed by atoms with Crippen LogP contribution < -0.4 is 5.43 Å². The zero-order chi connectivity index (χ0) is 19.2. The van der Waals surface area contributed by atoms with E-state index in [0.717, 1.165) is 45.9 Å². The standard InChI is InChI=1S/C25H31NO/c1-4-6-7-8-9-10-16-26-23-14-12-19(3)17-21(23)25(27)22-18-20(11-5-2)13-15-24(22)26/h5,11-15,17-18H,4,6-10,16H2,1-3H3. The molecule has 3 aromatic rings. The molecule has 0 fully saturated rings. The van der Waals surface area contributed by atoms with Crippen molar-refractivity contribution in [3.63, 3.8) is 0 Å². The molecule has 0 N–H and O–H groups in total. The zero-order valence-electron chi connectivity index (χ0n) is 16.9. The first kappa shape index (κ1) is 19.4. The van der Waals surface area contributed by atoms with E-state index in [9.17, 15) is 4.79 Å². The van der Waals surface area contributed by atoms with Crippen molar-refractivity contribution in [2.24, 2.45) is 0 Å². The second kappa shape index (κ2) is 9.03. The lowest BCUT2D eigenvalue weighted by Crippen LogP contribution is -2.12. The van der Waals surface area contributed by atoms with Crippen LogP contribution in [-0.4, -0.2) is 4.57 Å². The van der Waals surface area contributed by atoms with Crippen LogP contribution in [-0.2, 0) is 6.54 Å². The van der Waals surface area contributed by atoms with Gasteiger partial charge in [0, 0.05) is 17.3 Å². The Morgan fingerprint density at radius 1 is 0.889 bits per heavy atom. The number of rotatable bonds is 8. The van der Waals surface area contributed by atoms with E-state index in [1.54, 1.807) is 0 Å². The maximum absolute atomic E-state index is 13.2. The van der Waals surface area contributed by atoms with Crippen molar-refractivity contribution in [2.45, 2.75) is 65.8 Å². The van der Waals surface area contributed by atoms with E-state index >= 15 is 0 Å². The number of fused-ring (bicyclic) bond motifs is 2. The number of hydrogen-bond donors (Lipinski definition) is 0. The molecule has 2 aromatic carbocycles. The van der Waals surface area contributed by atoms with Crippen molar-refractivity contribution in [2.75, 3.05) is 0 Å². The predicted molar refractivity (Wildman–Crippen MR) is 119 cm³/mol. The lowest BCUT2D eigenvalue weighted by Gasteiger charge is -2.16. The summed E-state index contributed by atoms with van der Waals surface area (Å²) in [6.45, 7) is 7.27. The lowest BCUT2D eigenvalue weighted by atomic mass is 10.0. The Kier molecular flexibility index (Phi) is 6.49. The molecular formula is C25H31NO. The Balaban J connectivity index is 2.05. The number of aryl methyl sites for hydroxylation is 2. The fourth-order valence-electron chi connectivity index (χ4n) is 3.90. The first-order chi connectivity index (χ1) is 13.2. The number of nitrogens with zero attached hydrogens (tertiary/aromatic N) is 1. The summed E-state index contributed by atoms with van der Waals surface area (Å²) in [5.74, 6) is 0. The quantitative estimate of drug-likeness (QED) is 0.317. The number of hydrogen-bond acceptors (Lipinski definition) is 1. The van der Waals surface area contributed by atoms with E-state index in [2.05, 4.69) is 48.8 Å². The van der Waals surface area contributed by atoms with Crippen molar-refractivity contribution in [1.82, 2.24) is 4.57 Å². The molecule has 2 nitrogen and oxygen atoms in total. The molecule has 0 unspecified atom stereocenters. The van der Waals surface area contributed by atoms with Crippen molar-refractivity contribution in [3.05, 3.63) is 63.8 Å². The molecule has 1 heterocycles. The van der Waals surface area contributed by atoms with Gasteiger partial charge in [0.15, 0.2) is 5.43 Å². The van der Waals surface area contributed by atoms with Crippen LogP contribution in [0.5, 0.6) is 0 Å². The summed E-state index contributed by atoms with van der Waals surface area (Å²) in [6, 6.07) is 12.5. The molecule has 0 radical (unpaired) electrons. The van der Waals surface area contributed by atoms with Gasteiger partial charge in [-0.25, -0.2) is 0 Å². The molecule has 142 valence electrons. The van der Waals surface area contributed by atoms with Gasteiger partial charge in [-0.3, -0.25) is 4.79 Å². The topological polar surface area (TPSA) is 22.0 Å². The molecule has 0 saturated carbocycles. The minimum atomic E-state index is 0.147. The van der Waals surface area contributed by atoms with Crippen LogP contribution in [0.3, 0.4) is 0 Å². The van der Waals surface area contributed by atoms with Gasteiger partial charge in [0.2, 0.25) is 0 Å². The molecule has 0 saturated heterocycles. The van der Waals surface area contributed by atoms with E-state index < -0.39 is 0 Å². The second-order valence-corrected chi connectivity index (χ2v) is 7.55. The van der Waals surface area contributed by atoms with Crippen LogP contribution >= 0.6 is 0 Å². The van der Waals surface area contributed by atoms with Gasteiger partial charge < -0.3 is 4.57 Å². The molecule has 27 heavy (non-hydrogen) atoms. The summed E-state index contributed by atoms with van der Waals surface area (Å²) < 4.78 is 2.35. The molecule has 0 aliphatic rings. The highest BCUT2D eigenvalue weighted by molar-refractivity contribution is 5.94. The number of aromatic nitrogens is 1. The number of pyridine rings is 1. The highest BCUT2D eigenvalue weighted by Crippen LogP contribution is 2.23. The van der Waals surface area contributed by atoms with E-state index in [1.807, 2.05) is 25.1 Å². The van der Waals surface area contributed by atoms with Gasteiger partial charge in [0.1, 0.15) is 0 Å². The minimum absolute atomic E-state index is 0.147. The van der Waals surface area contributed by atoms with E-state index in [4.69, 9.17) is 0 Å². The fraction of sp³-hybridized carbons (Fsp3) is 0.400. The summed E-state index contributed by atoms with van der Waals surface area (Å²) in [6.07, 6.45) is 11.7. The molecular weight excluding hydrogens is 330 g/mol. The number of benzene rings is 2. The smallest absolute Gasteiger partial charge is 0.197 e. The van der Waals surface area contributed by atoms with Crippen LogP contribution in [0.25, 0.3) is 27.9 Å². The third kappa shape index (κ3) is 4.32. The first-order valence-electron chi connectivity index (χ1n) is 10.4. The van der Waals surface area contributed by atoms with Crippen LogP contribution in [0, 0.1) is 6.92 Å². The Hall–Kier alpha value is -2.35. The molecule has 3 rings (SSSR count). The van der Waals surface area contributed by atoms with Gasteiger partial charge in [-0.15, -0.1) is 0 Å². The van der Waals surface area contributed by atoms with Crippen molar-refractivity contribution < 1.29 is 0 Å². The maximum Gasteiger partial charge on any atom is 0.197 e. The average Bonchev–Trinajstić information content (AvgIpc) is 2.67. The summed E-state index contributed by atoms with van der Waals surface area (Å²) in [4.78, 5) is 13.2. The first-order valence-corrected chi connectivity index (χ1v) is 10.4. The average molecular weight is 362 g/mol. The fourth-order valence-corrected chi connectivity index (χ4v) is 3.90. The van der Waals surface area contributed by atoms with Gasteiger partial charge in [-0.2, -0.15) is 0 Å². The third-order valence-electron chi connectivity index (χ3n) is 5.34. The highest BCUT2D eigenvalue weighted by Gasteiger charge is 2.11. The molecule has 0 spiro atoms. The molecule has 0 aliphatic heterocycles. The van der Waals surface area contributed by atoms with Gasteiger partial charge >= 0.3 is 0 Å². The van der Waals surface area contributed by atoms with Gasteiger partial charge in [0.25, 0.3) is 0 Å². The largest absolute Gasteiger partial charge is 0.340 e. The summed E-state index contributed by atoms with van der Waals surface area (Å²) in [5.41, 5.74) is 4.48. The number of unbranched alkanes of at least 4 members (excludes halogenated alkanes) is 5. The SMILES string of the molecule is CC=Cc1ccc2c(c1)c(=O)c1cc(C)ccc1n2CCCCCCCC. The maximum atomic E-state index is 13.2. The zero-order valence-corrected chi connectivity index (χ0v) is 16.9. The van der Waals surface area contributed by atoms with Crippen molar-refractivity contribution in [1.29, 1.82) is 0 Å². The summed E-state index contributed by atoms with van der Waals surface area (Å²) in [5, 5.41) is 1.67.